The van der Waals surface area contributed by atoms with E-state index in [0.717, 1.165) is 5.56 Å². The molecule has 1 aliphatic carbocycles. The van der Waals surface area contributed by atoms with Crippen LogP contribution in [0.5, 0.6) is 11.5 Å². The third-order valence-corrected chi connectivity index (χ3v) is 4.09. The Hall–Kier alpha value is -3.12. The van der Waals surface area contributed by atoms with Crippen LogP contribution in [0, 0.1) is 0 Å². The molecule has 2 aromatic carbocycles. The third-order valence-electron chi connectivity index (χ3n) is 4.09. The van der Waals surface area contributed by atoms with E-state index in [1.165, 1.54) is 18.2 Å². The normalized spacial score (nSPS) is 15.9. The lowest BCUT2D eigenvalue weighted by atomic mass is 10.1. The van der Waals surface area contributed by atoms with Gasteiger partial charge < -0.3 is 21.3 Å². The molecule has 1 aliphatic rings. The van der Waals surface area contributed by atoms with Crippen LogP contribution < -0.4 is 11.1 Å². The fraction of sp³-hybridized carbons (Fsp3) is 0.158. The monoisotopic (exact) mass is 338 g/mol. The van der Waals surface area contributed by atoms with Gasteiger partial charge in [0.25, 0.3) is 0 Å². The summed E-state index contributed by atoms with van der Waals surface area (Å²) >= 11 is 0. The Morgan fingerprint density at radius 1 is 1.28 bits per heavy atom. The smallest absolute Gasteiger partial charge is 0.241 e. The summed E-state index contributed by atoms with van der Waals surface area (Å²) in [5.41, 5.74) is 8.32. The molecular weight excluding hydrogens is 320 g/mol. The predicted molar refractivity (Wildman–Crippen MR) is 94.5 cm³/mol. The van der Waals surface area contributed by atoms with E-state index in [-0.39, 0.29) is 23.2 Å². The van der Waals surface area contributed by atoms with Crippen LogP contribution in [0.25, 0.3) is 6.08 Å². The first-order valence-corrected chi connectivity index (χ1v) is 7.82. The summed E-state index contributed by atoms with van der Waals surface area (Å²) in [5.74, 6) is -0.642. The first kappa shape index (κ1) is 16.7. The maximum absolute atomic E-state index is 12.6. The molecule has 6 heteroatoms. The second-order valence-electron chi connectivity index (χ2n) is 6.03. The molecule has 0 aliphatic heterocycles. The number of carbonyl (C=O) groups is 2. The zero-order valence-corrected chi connectivity index (χ0v) is 13.6. The van der Waals surface area contributed by atoms with E-state index in [1.807, 2.05) is 0 Å². The van der Waals surface area contributed by atoms with Crippen LogP contribution in [0.15, 0.2) is 42.0 Å². The summed E-state index contributed by atoms with van der Waals surface area (Å²) in [7, 11) is 0. The number of hydrogen-bond donors (Lipinski definition) is 4. The van der Waals surface area contributed by atoms with Gasteiger partial charge in [-0.05, 0) is 36.8 Å². The molecular formula is C19H18N2O4. The van der Waals surface area contributed by atoms with Gasteiger partial charge in [0.1, 0.15) is 11.5 Å². The molecule has 0 bridgehead atoms. The van der Waals surface area contributed by atoms with Gasteiger partial charge in [0.15, 0.2) is 5.78 Å². The number of aromatic hydroxyl groups is 2. The van der Waals surface area contributed by atoms with E-state index in [1.54, 1.807) is 31.2 Å². The van der Waals surface area contributed by atoms with Crippen molar-refractivity contribution in [2.24, 2.45) is 5.73 Å². The Morgan fingerprint density at radius 3 is 2.72 bits per heavy atom. The van der Waals surface area contributed by atoms with E-state index in [4.69, 9.17) is 5.73 Å². The molecule has 0 saturated carbocycles. The van der Waals surface area contributed by atoms with E-state index in [0.29, 0.717) is 28.8 Å². The lowest BCUT2D eigenvalue weighted by molar-refractivity contribution is -0.117. The van der Waals surface area contributed by atoms with Crippen LogP contribution in [0.3, 0.4) is 0 Å². The fourth-order valence-electron chi connectivity index (χ4n) is 2.76. The summed E-state index contributed by atoms with van der Waals surface area (Å²) in [5, 5.41) is 22.0. The van der Waals surface area contributed by atoms with Crippen molar-refractivity contribution in [3.05, 3.63) is 58.7 Å². The van der Waals surface area contributed by atoms with Gasteiger partial charge in [0.2, 0.25) is 5.91 Å². The highest BCUT2D eigenvalue weighted by Crippen LogP contribution is 2.34. The van der Waals surface area contributed by atoms with E-state index < -0.39 is 6.04 Å². The Labute approximate surface area is 144 Å². The molecule has 0 unspecified atom stereocenters. The molecule has 0 heterocycles. The number of fused-ring (bicyclic) bond motifs is 1. The number of hydrogen-bond acceptors (Lipinski definition) is 5. The molecule has 1 atom stereocenters. The molecule has 0 radical (unpaired) electrons. The van der Waals surface area contributed by atoms with Crippen LogP contribution in [0.1, 0.15) is 28.4 Å². The van der Waals surface area contributed by atoms with Crippen LogP contribution in [0.2, 0.25) is 0 Å². The minimum atomic E-state index is -0.656. The molecule has 2 aromatic rings. The molecule has 6 nitrogen and oxygen atoms in total. The van der Waals surface area contributed by atoms with Crippen molar-refractivity contribution >= 4 is 23.5 Å². The largest absolute Gasteiger partial charge is 0.508 e. The highest BCUT2D eigenvalue weighted by Gasteiger charge is 2.27. The first-order chi connectivity index (χ1) is 11.9. The van der Waals surface area contributed by atoms with Crippen molar-refractivity contribution < 1.29 is 19.8 Å². The predicted octanol–water partition coefficient (Wildman–Crippen LogP) is 2.21. The van der Waals surface area contributed by atoms with E-state index >= 15 is 0 Å². The first-order valence-electron chi connectivity index (χ1n) is 7.82. The third kappa shape index (κ3) is 3.25. The minimum Gasteiger partial charge on any atom is -0.508 e. The van der Waals surface area contributed by atoms with Gasteiger partial charge in [-0.1, -0.05) is 12.1 Å². The SMILES string of the molecule is C[C@H](N)C(=O)Nc1cccc2c1C/C(=C\c1ccc(O)cc1O)C2=O. The molecule has 128 valence electrons. The van der Waals surface area contributed by atoms with Crippen molar-refractivity contribution in [1.82, 2.24) is 0 Å². The van der Waals surface area contributed by atoms with Gasteiger partial charge in [-0.2, -0.15) is 0 Å². The highest BCUT2D eigenvalue weighted by atomic mass is 16.3. The number of phenols is 2. The summed E-state index contributed by atoms with van der Waals surface area (Å²) in [6.45, 7) is 1.59. The molecule has 25 heavy (non-hydrogen) atoms. The Morgan fingerprint density at radius 2 is 2.04 bits per heavy atom. The van der Waals surface area contributed by atoms with E-state index in [9.17, 15) is 19.8 Å². The summed E-state index contributed by atoms with van der Waals surface area (Å²) < 4.78 is 0. The number of anilines is 1. The van der Waals surface area contributed by atoms with Crippen molar-refractivity contribution in [2.45, 2.75) is 19.4 Å². The molecule has 3 rings (SSSR count). The number of rotatable bonds is 3. The zero-order chi connectivity index (χ0) is 18.1. The van der Waals surface area contributed by atoms with Crippen LogP contribution in [-0.2, 0) is 11.2 Å². The van der Waals surface area contributed by atoms with Gasteiger partial charge >= 0.3 is 0 Å². The average Bonchev–Trinajstić information content (AvgIpc) is 2.87. The number of carbonyl (C=O) groups excluding carboxylic acids is 2. The van der Waals surface area contributed by atoms with Crippen LogP contribution >= 0.6 is 0 Å². The number of allylic oxidation sites excluding steroid dienone is 1. The van der Waals surface area contributed by atoms with Crippen LogP contribution in [0.4, 0.5) is 5.69 Å². The zero-order valence-electron chi connectivity index (χ0n) is 13.6. The maximum Gasteiger partial charge on any atom is 0.241 e. The van der Waals surface area contributed by atoms with Crippen molar-refractivity contribution in [3.8, 4) is 11.5 Å². The summed E-state index contributed by atoms with van der Waals surface area (Å²) in [6.07, 6.45) is 1.93. The van der Waals surface area contributed by atoms with Crippen LogP contribution in [-0.4, -0.2) is 27.9 Å². The molecule has 1 amide bonds. The maximum atomic E-state index is 12.6. The molecule has 0 fully saturated rings. The number of amides is 1. The molecule has 0 aromatic heterocycles. The standard InChI is InChI=1S/C19H18N2O4/c1-10(20)19(25)21-16-4-2-3-14-15(16)8-12(18(14)24)7-11-5-6-13(22)9-17(11)23/h2-7,9-10,22-23H,8,20H2,1H3,(H,21,25)/b12-7+/t10-/m0/s1. The van der Waals surface area contributed by atoms with Gasteiger partial charge in [-0.3, -0.25) is 9.59 Å². The lowest BCUT2D eigenvalue weighted by Gasteiger charge is -2.11. The second-order valence-corrected chi connectivity index (χ2v) is 6.03. The lowest BCUT2D eigenvalue weighted by Crippen LogP contribution is -2.32. The van der Waals surface area contributed by atoms with Gasteiger partial charge in [-0.15, -0.1) is 0 Å². The number of nitrogens with two attached hydrogens (primary N) is 1. The summed E-state index contributed by atoms with van der Waals surface area (Å²) in [4.78, 5) is 24.5. The van der Waals surface area contributed by atoms with Gasteiger partial charge in [0.05, 0.1) is 6.04 Å². The second kappa shape index (κ2) is 6.41. The number of ketones is 1. The van der Waals surface area contributed by atoms with E-state index in [2.05, 4.69) is 5.32 Å². The van der Waals surface area contributed by atoms with Gasteiger partial charge in [-0.25, -0.2) is 0 Å². The fourth-order valence-corrected chi connectivity index (χ4v) is 2.76. The van der Waals surface area contributed by atoms with Crippen molar-refractivity contribution in [3.63, 3.8) is 0 Å². The topological polar surface area (TPSA) is 113 Å². The number of Topliss-reactive ketones (excluding diaryl/α,β-unsaturated/α-hetero) is 1. The molecule has 0 saturated heterocycles. The van der Waals surface area contributed by atoms with Gasteiger partial charge in [0, 0.05) is 34.9 Å². The number of benzene rings is 2. The molecule has 5 N–H and O–H groups in total. The Balaban J connectivity index is 1.95. The Kier molecular flexibility index (Phi) is 4.29. The molecule has 0 spiro atoms. The van der Waals surface area contributed by atoms with Crippen molar-refractivity contribution in [1.29, 1.82) is 0 Å². The summed E-state index contributed by atoms with van der Waals surface area (Å²) in [6, 6.07) is 8.67. The van der Waals surface area contributed by atoms with Crippen molar-refractivity contribution in [2.75, 3.05) is 5.32 Å². The number of phenolic OH excluding ortho intramolecular Hbond substituents is 2. The number of nitrogens with one attached hydrogen (secondary N) is 1. The minimum absolute atomic E-state index is 0.0541. The Bertz CT molecular complexity index is 900. The highest BCUT2D eigenvalue weighted by molar-refractivity contribution is 6.17. The average molecular weight is 338 g/mol. The quantitative estimate of drug-likeness (QED) is 0.641.